The summed E-state index contributed by atoms with van der Waals surface area (Å²) >= 11 is 0. The van der Waals surface area contributed by atoms with Crippen LogP contribution >= 0.6 is 0 Å². The molecule has 5 nitrogen and oxygen atoms in total. The fourth-order valence-corrected chi connectivity index (χ4v) is 7.94. The molecule has 11 rings (SSSR count). The average Bonchev–Trinajstić information content (AvgIpc) is 3.82. The maximum Gasteiger partial charge on any atom is 0.164 e. The maximum absolute atomic E-state index is 6.13. The van der Waals surface area contributed by atoms with E-state index in [1.807, 2.05) is 48.5 Å². The molecule has 0 N–H and O–H groups in total. The predicted molar refractivity (Wildman–Crippen MR) is 229 cm³/mol. The highest BCUT2D eigenvalue weighted by atomic mass is 16.3. The second-order valence-electron chi connectivity index (χ2n) is 14.1. The van der Waals surface area contributed by atoms with Crippen LogP contribution in [0, 0.1) is 0 Å². The number of para-hydroxylation sites is 2. The zero-order valence-corrected chi connectivity index (χ0v) is 30.2. The molecule has 0 saturated carbocycles. The molecular weight excluding hydrogens is 685 g/mol. The van der Waals surface area contributed by atoms with Crippen LogP contribution in [0.15, 0.2) is 199 Å². The van der Waals surface area contributed by atoms with Crippen molar-refractivity contribution < 1.29 is 4.42 Å². The number of aromatic nitrogens is 4. The Morgan fingerprint density at radius 2 is 0.821 bits per heavy atom. The Labute approximate surface area is 322 Å². The van der Waals surface area contributed by atoms with Crippen LogP contribution < -0.4 is 0 Å². The second-order valence-corrected chi connectivity index (χ2v) is 14.1. The summed E-state index contributed by atoms with van der Waals surface area (Å²) in [7, 11) is 0. The third-order valence-electron chi connectivity index (χ3n) is 10.6. The third-order valence-corrected chi connectivity index (χ3v) is 10.6. The molecule has 0 aliphatic rings. The Bertz CT molecular complexity index is 3250. The van der Waals surface area contributed by atoms with Crippen molar-refractivity contribution >= 4 is 43.7 Å². The van der Waals surface area contributed by atoms with Crippen LogP contribution in [-0.4, -0.2) is 19.5 Å². The first-order valence-corrected chi connectivity index (χ1v) is 18.8. The lowest BCUT2D eigenvalue weighted by molar-refractivity contribution is 0.669. The summed E-state index contributed by atoms with van der Waals surface area (Å²) in [6.45, 7) is 0. The standard InChI is InChI=1S/C51H32N4O/c1-3-13-33(14-4-1)35-17-11-18-38(29-35)50-52-49(34-15-5-2-6-16-34)53-51(54-50)39-19-12-20-40(30-39)55-45-23-9-7-21-41(45)43-31-36(25-27-46(43)55)37-26-28-48-44(32-37)42-22-8-10-24-47(42)56-48/h1-32H. The van der Waals surface area contributed by atoms with Crippen LogP contribution in [0.25, 0.3) is 106 Å². The molecule has 0 amide bonds. The van der Waals surface area contributed by atoms with E-state index in [0.717, 1.165) is 77.6 Å². The van der Waals surface area contributed by atoms with E-state index < -0.39 is 0 Å². The van der Waals surface area contributed by atoms with Crippen LogP contribution in [0.1, 0.15) is 0 Å². The highest BCUT2D eigenvalue weighted by molar-refractivity contribution is 6.11. The minimum absolute atomic E-state index is 0.617. The Morgan fingerprint density at radius 1 is 0.304 bits per heavy atom. The molecule has 0 bridgehead atoms. The smallest absolute Gasteiger partial charge is 0.164 e. The summed E-state index contributed by atoms with van der Waals surface area (Å²) in [4.78, 5) is 15.2. The summed E-state index contributed by atoms with van der Waals surface area (Å²) in [5.74, 6) is 1.88. The van der Waals surface area contributed by atoms with Crippen LogP contribution in [0.3, 0.4) is 0 Å². The number of furan rings is 1. The van der Waals surface area contributed by atoms with E-state index in [1.54, 1.807) is 0 Å². The van der Waals surface area contributed by atoms with Crippen molar-refractivity contribution in [1.29, 1.82) is 0 Å². The van der Waals surface area contributed by atoms with Gasteiger partial charge in [-0.25, -0.2) is 15.0 Å². The molecular formula is C51H32N4O. The van der Waals surface area contributed by atoms with Crippen molar-refractivity contribution in [2.75, 3.05) is 0 Å². The van der Waals surface area contributed by atoms with Gasteiger partial charge in [0.25, 0.3) is 0 Å². The van der Waals surface area contributed by atoms with Crippen LogP contribution in [0.2, 0.25) is 0 Å². The largest absolute Gasteiger partial charge is 0.456 e. The predicted octanol–water partition coefficient (Wildman–Crippen LogP) is 13.2. The molecule has 3 heterocycles. The Balaban J connectivity index is 1.04. The zero-order valence-electron chi connectivity index (χ0n) is 30.2. The van der Waals surface area contributed by atoms with Crippen molar-refractivity contribution in [3.8, 4) is 62.1 Å². The first-order chi connectivity index (χ1) is 27.7. The number of hydrogen-bond acceptors (Lipinski definition) is 4. The first-order valence-electron chi connectivity index (χ1n) is 18.8. The molecule has 262 valence electrons. The van der Waals surface area contributed by atoms with Gasteiger partial charge >= 0.3 is 0 Å². The van der Waals surface area contributed by atoms with E-state index in [2.05, 4.69) is 150 Å². The number of benzene rings is 8. The van der Waals surface area contributed by atoms with Crippen molar-refractivity contribution in [3.63, 3.8) is 0 Å². The fraction of sp³-hybridized carbons (Fsp3) is 0. The van der Waals surface area contributed by atoms with Crippen LogP contribution in [-0.2, 0) is 0 Å². The van der Waals surface area contributed by atoms with Gasteiger partial charge in [-0.3, -0.25) is 0 Å². The van der Waals surface area contributed by atoms with Crippen molar-refractivity contribution in [2.24, 2.45) is 0 Å². The maximum atomic E-state index is 6.13. The van der Waals surface area contributed by atoms with Gasteiger partial charge in [-0.05, 0) is 76.9 Å². The first kappa shape index (κ1) is 31.9. The highest BCUT2D eigenvalue weighted by Gasteiger charge is 2.17. The molecule has 11 aromatic rings. The number of nitrogens with zero attached hydrogens (tertiary/aromatic N) is 4. The lowest BCUT2D eigenvalue weighted by atomic mass is 10.0. The van der Waals surface area contributed by atoms with Crippen molar-refractivity contribution in [2.45, 2.75) is 0 Å². The van der Waals surface area contributed by atoms with E-state index in [-0.39, 0.29) is 0 Å². The summed E-state index contributed by atoms with van der Waals surface area (Å²) in [6, 6.07) is 67.5. The van der Waals surface area contributed by atoms with Gasteiger partial charge in [0.15, 0.2) is 17.5 Å². The minimum atomic E-state index is 0.617. The van der Waals surface area contributed by atoms with E-state index in [4.69, 9.17) is 19.4 Å². The molecule has 0 saturated heterocycles. The lowest BCUT2D eigenvalue weighted by Crippen LogP contribution is -2.01. The van der Waals surface area contributed by atoms with Gasteiger partial charge in [0.2, 0.25) is 0 Å². The number of fused-ring (bicyclic) bond motifs is 6. The summed E-state index contributed by atoms with van der Waals surface area (Å²) in [6.07, 6.45) is 0. The van der Waals surface area contributed by atoms with E-state index in [9.17, 15) is 0 Å². The topological polar surface area (TPSA) is 56.7 Å². The van der Waals surface area contributed by atoms with Crippen molar-refractivity contribution in [1.82, 2.24) is 19.5 Å². The number of rotatable bonds is 6. The molecule has 0 fully saturated rings. The van der Waals surface area contributed by atoms with E-state index in [0.29, 0.717) is 17.5 Å². The average molecular weight is 717 g/mol. The van der Waals surface area contributed by atoms with Gasteiger partial charge in [-0.15, -0.1) is 0 Å². The van der Waals surface area contributed by atoms with E-state index in [1.165, 1.54) is 10.8 Å². The third kappa shape index (κ3) is 5.45. The summed E-state index contributed by atoms with van der Waals surface area (Å²) < 4.78 is 8.47. The molecule has 8 aromatic carbocycles. The van der Waals surface area contributed by atoms with Gasteiger partial charge in [0.1, 0.15) is 11.2 Å². The molecule has 0 spiro atoms. The zero-order chi connectivity index (χ0) is 37.0. The molecule has 56 heavy (non-hydrogen) atoms. The SMILES string of the molecule is c1ccc(-c2cccc(-c3nc(-c4ccccc4)nc(-c4cccc(-n5c6ccccc6c6cc(-c7ccc8oc9ccccc9c8c7)ccc65)c4)n3)c2)cc1. The Morgan fingerprint density at radius 3 is 1.61 bits per heavy atom. The highest BCUT2D eigenvalue weighted by Crippen LogP contribution is 2.38. The quantitative estimate of drug-likeness (QED) is 0.172. The summed E-state index contributed by atoms with van der Waals surface area (Å²) in [5.41, 5.74) is 12.4. The van der Waals surface area contributed by atoms with Gasteiger partial charge in [0, 0.05) is 43.9 Å². The van der Waals surface area contributed by atoms with Gasteiger partial charge < -0.3 is 8.98 Å². The molecule has 0 radical (unpaired) electrons. The lowest BCUT2D eigenvalue weighted by Gasteiger charge is -2.12. The Hall–Kier alpha value is -7.63. The monoisotopic (exact) mass is 716 g/mol. The molecule has 0 atom stereocenters. The van der Waals surface area contributed by atoms with Crippen molar-refractivity contribution in [3.05, 3.63) is 194 Å². The van der Waals surface area contributed by atoms with Crippen LogP contribution in [0.5, 0.6) is 0 Å². The molecule has 0 unspecified atom stereocenters. The normalized spacial score (nSPS) is 11.6. The van der Waals surface area contributed by atoms with E-state index >= 15 is 0 Å². The van der Waals surface area contributed by atoms with Gasteiger partial charge in [-0.1, -0.05) is 140 Å². The fourth-order valence-electron chi connectivity index (χ4n) is 7.94. The van der Waals surface area contributed by atoms with Gasteiger partial charge in [0.05, 0.1) is 11.0 Å². The molecule has 5 heteroatoms. The summed E-state index contributed by atoms with van der Waals surface area (Å²) in [5, 5.41) is 4.63. The van der Waals surface area contributed by atoms with Crippen LogP contribution in [0.4, 0.5) is 0 Å². The molecule has 0 aliphatic carbocycles. The molecule has 3 aromatic heterocycles. The minimum Gasteiger partial charge on any atom is -0.456 e. The Kier molecular flexibility index (Phi) is 7.42. The van der Waals surface area contributed by atoms with Gasteiger partial charge in [-0.2, -0.15) is 0 Å². The molecule has 0 aliphatic heterocycles. The number of hydrogen-bond donors (Lipinski definition) is 0. The second kappa shape index (κ2) is 13.0.